The monoisotopic (exact) mass is 305 g/mol. The second-order valence-corrected chi connectivity index (χ2v) is 6.08. The number of nitrogens with zero attached hydrogens (tertiary/aromatic N) is 3. The molecule has 2 fully saturated rings. The number of rotatable bonds is 5. The molecule has 6 heteroatoms. The lowest BCUT2D eigenvalue weighted by Gasteiger charge is -2.32. The Morgan fingerprint density at radius 1 is 1.36 bits per heavy atom. The standard InChI is InChI=1S/C16H27N5O/c1-14-4-2-3-8-21(14)13-15(12-17)16(22)19-7-11-20-9-5-18-6-10-20/h13-14,18H,2-11H2,1H3,(H,19,22)/b15-13-. The molecule has 2 N–H and O–H groups in total. The van der Waals surface area contributed by atoms with Gasteiger partial charge in [0.25, 0.3) is 5.91 Å². The zero-order valence-electron chi connectivity index (χ0n) is 13.5. The van der Waals surface area contributed by atoms with Crippen LogP contribution in [0.1, 0.15) is 26.2 Å². The summed E-state index contributed by atoms with van der Waals surface area (Å²) in [6.45, 7) is 8.55. The highest BCUT2D eigenvalue weighted by Crippen LogP contribution is 2.17. The van der Waals surface area contributed by atoms with E-state index in [-0.39, 0.29) is 11.5 Å². The Morgan fingerprint density at radius 2 is 2.14 bits per heavy atom. The molecule has 0 aromatic heterocycles. The quantitative estimate of drug-likeness (QED) is 0.564. The highest BCUT2D eigenvalue weighted by Gasteiger charge is 2.18. The summed E-state index contributed by atoms with van der Waals surface area (Å²) in [7, 11) is 0. The molecule has 0 aromatic rings. The molecule has 2 aliphatic heterocycles. The molecule has 2 rings (SSSR count). The Kier molecular flexibility index (Phi) is 6.69. The van der Waals surface area contributed by atoms with Crippen LogP contribution in [0.2, 0.25) is 0 Å². The summed E-state index contributed by atoms with van der Waals surface area (Å²) in [5.74, 6) is -0.254. The molecule has 0 saturated carbocycles. The molecule has 122 valence electrons. The van der Waals surface area contributed by atoms with Gasteiger partial charge in [0.1, 0.15) is 11.6 Å². The topological polar surface area (TPSA) is 71.4 Å². The fraction of sp³-hybridized carbons (Fsp3) is 0.750. The van der Waals surface area contributed by atoms with Gasteiger partial charge in [-0.15, -0.1) is 0 Å². The van der Waals surface area contributed by atoms with Crippen LogP contribution in [-0.4, -0.2) is 67.6 Å². The first-order valence-electron chi connectivity index (χ1n) is 8.29. The van der Waals surface area contributed by atoms with Crippen LogP contribution in [0.4, 0.5) is 0 Å². The van der Waals surface area contributed by atoms with Crippen molar-refractivity contribution in [1.82, 2.24) is 20.4 Å². The highest BCUT2D eigenvalue weighted by atomic mass is 16.1. The van der Waals surface area contributed by atoms with E-state index in [4.69, 9.17) is 0 Å². The van der Waals surface area contributed by atoms with Crippen LogP contribution in [0.5, 0.6) is 0 Å². The molecule has 0 aromatic carbocycles. The first-order chi connectivity index (χ1) is 10.7. The molecular formula is C16H27N5O. The summed E-state index contributed by atoms with van der Waals surface area (Å²) in [6, 6.07) is 2.45. The SMILES string of the molecule is CC1CCCCN1/C=C(/C#N)C(=O)NCCN1CCNCC1. The second kappa shape index (κ2) is 8.76. The number of nitriles is 1. The summed E-state index contributed by atoms with van der Waals surface area (Å²) in [5, 5.41) is 15.4. The fourth-order valence-electron chi connectivity index (χ4n) is 2.97. The highest BCUT2D eigenvalue weighted by molar-refractivity contribution is 5.97. The summed E-state index contributed by atoms with van der Waals surface area (Å²) >= 11 is 0. The molecule has 22 heavy (non-hydrogen) atoms. The van der Waals surface area contributed by atoms with E-state index in [2.05, 4.69) is 27.4 Å². The number of carbonyl (C=O) groups is 1. The van der Waals surface area contributed by atoms with E-state index in [1.807, 2.05) is 6.07 Å². The Hall–Kier alpha value is -1.58. The molecule has 2 aliphatic rings. The number of hydrogen-bond donors (Lipinski definition) is 2. The van der Waals surface area contributed by atoms with Gasteiger partial charge >= 0.3 is 0 Å². The molecule has 0 aliphatic carbocycles. The van der Waals surface area contributed by atoms with Crippen molar-refractivity contribution in [2.45, 2.75) is 32.2 Å². The smallest absolute Gasteiger partial charge is 0.263 e. The van der Waals surface area contributed by atoms with Crippen LogP contribution in [0.15, 0.2) is 11.8 Å². The maximum atomic E-state index is 12.1. The average Bonchev–Trinajstić information content (AvgIpc) is 2.55. The third kappa shape index (κ3) is 5.00. The van der Waals surface area contributed by atoms with Gasteiger partial charge in [-0.2, -0.15) is 5.26 Å². The van der Waals surface area contributed by atoms with Gasteiger partial charge in [-0.3, -0.25) is 9.69 Å². The number of amides is 1. The van der Waals surface area contributed by atoms with E-state index in [0.717, 1.165) is 52.1 Å². The van der Waals surface area contributed by atoms with Crippen molar-refractivity contribution in [3.63, 3.8) is 0 Å². The van der Waals surface area contributed by atoms with E-state index in [9.17, 15) is 10.1 Å². The first-order valence-corrected chi connectivity index (χ1v) is 8.29. The van der Waals surface area contributed by atoms with Gasteiger partial charge < -0.3 is 15.5 Å². The predicted octanol–water partition coefficient (Wildman–Crippen LogP) is 0.290. The lowest BCUT2D eigenvalue weighted by molar-refractivity contribution is -0.117. The lowest BCUT2D eigenvalue weighted by atomic mass is 10.0. The minimum Gasteiger partial charge on any atom is -0.373 e. The van der Waals surface area contributed by atoms with Crippen LogP contribution in [0, 0.1) is 11.3 Å². The number of likely N-dealkylation sites (tertiary alicyclic amines) is 1. The molecule has 1 atom stereocenters. The van der Waals surface area contributed by atoms with Gasteiger partial charge in [-0.25, -0.2) is 0 Å². The van der Waals surface area contributed by atoms with Crippen molar-refractivity contribution in [2.24, 2.45) is 0 Å². The van der Waals surface area contributed by atoms with Crippen LogP contribution in [-0.2, 0) is 4.79 Å². The number of carbonyl (C=O) groups excluding carboxylic acids is 1. The predicted molar refractivity (Wildman–Crippen MR) is 86.0 cm³/mol. The van der Waals surface area contributed by atoms with E-state index >= 15 is 0 Å². The fourth-order valence-corrected chi connectivity index (χ4v) is 2.97. The molecule has 0 bridgehead atoms. The Labute approximate surface area is 133 Å². The second-order valence-electron chi connectivity index (χ2n) is 6.08. The van der Waals surface area contributed by atoms with Gasteiger partial charge in [-0.05, 0) is 26.2 Å². The third-order valence-electron chi connectivity index (χ3n) is 4.44. The van der Waals surface area contributed by atoms with Crippen LogP contribution >= 0.6 is 0 Å². The summed E-state index contributed by atoms with van der Waals surface area (Å²) in [5.41, 5.74) is 0.217. The number of hydrogen-bond acceptors (Lipinski definition) is 5. The number of piperidine rings is 1. The normalized spacial score (nSPS) is 23.9. The van der Waals surface area contributed by atoms with E-state index in [0.29, 0.717) is 12.6 Å². The van der Waals surface area contributed by atoms with Crippen LogP contribution in [0.25, 0.3) is 0 Å². The summed E-state index contributed by atoms with van der Waals surface area (Å²) in [4.78, 5) is 16.6. The summed E-state index contributed by atoms with van der Waals surface area (Å²) < 4.78 is 0. The van der Waals surface area contributed by atoms with Crippen molar-refractivity contribution in [2.75, 3.05) is 45.8 Å². The average molecular weight is 305 g/mol. The Morgan fingerprint density at radius 3 is 2.82 bits per heavy atom. The minimum absolute atomic E-state index is 0.217. The van der Waals surface area contributed by atoms with Gasteiger partial charge in [0, 0.05) is 58.1 Å². The van der Waals surface area contributed by atoms with Gasteiger partial charge in [-0.1, -0.05) is 0 Å². The maximum Gasteiger partial charge on any atom is 0.263 e. The van der Waals surface area contributed by atoms with Crippen molar-refractivity contribution in [3.05, 3.63) is 11.8 Å². The summed E-state index contributed by atoms with van der Waals surface area (Å²) in [6.07, 6.45) is 5.22. The first kappa shape index (κ1) is 16.8. The van der Waals surface area contributed by atoms with Crippen molar-refractivity contribution in [1.29, 1.82) is 5.26 Å². The molecule has 0 radical (unpaired) electrons. The molecule has 2 heterocycles. The molecule has 1 unspecified atom stereocenters. The zero-order chi connectivity index (χ0) is 15.8. The molecule has 6 nitrogen and oxygen atoms in total. The third-order valence-corrected chi connectivity index (χ3v) is 4.44. The zero-order valence-corrected chi connectivity index (χ0v) is 13.5. The molecule has 1 amide bonds. The maximum absolute atomic E-state index is 12.1. The van der Waals surface area contributed by atoms with Crippen LogP contribution in [0.3, 0.4) is 0 Å². The largest absolute Gasteiger partial charge is 0.373 e. The van der Waals surface area contributed by atoms with Crippen molar-refractivity contribution < 1.29 is 4.79 Å². The molecule has 2 saturated heterocycles. The van der Waals surface area contributed by atoms with E-state index in [1.54, 1.807) is 6.20 Å². The van der Waals surface area contributed by atoms with Crippen molar-refractivity contribution in [3.8, 4) is 6.07 Å². The molecular weight excluding hydrogens is 278 g/mol. The number of nitrogens with one attached hydrogen (secondary N) is 2. The van der Waals surface area contributed by atoms with Crippen molar-refractivity contribution >= 4 is 5.91 Å². The van der Waals surface area contributed by atoms with E-state index < -0.39 is 0 Å². The van der Waals surface area contributed by atoms with Gasteiger partial charge in [0.2, 0.25) is 0 Å². The number of piperazine rings is 1. The Balaban J connectivity index is 1.79. The molecule has 0 spiro atoms. The van der Waals surface area contributed by atoms with Gasteiger partial charge in [0.05, 0.1) is 0 Å². The van der Waals surface area contributed by atoms with E-state index in [1.165, 1.54) is 6.42 Å². The van der Waals surface area contributed by atoms with Gasteiger partial charge in [0.15, 0.2) is 0 Å². The lowest BCUT2D eigenvalue weighted by Crippen LogP contribution is -2.46. The Bertz CT molecular complexity index is 436. The minimum atomic E-state index is -0.254. The van der Waals surface area contributed by atoms with Crippen LogP contribution < -0.4 is 10.6 Å².